The lowest BCUT2D eigenvalue weighted by molar-refractivity contribution is -0.465. The highest BCUT2D eigenvalue weighted by Gasteiger charge is 2.96. The Morgan fingerprint density at radius 2 is 0.730 bits per heavy atom. The zero-order valence-electron chi connectivity index (χ0n) is 18.3. The summed E-state index contributed by atoms with van der Waals surface area (Å²) < 4.78 is 232. The Hall–Kier alpha value is -1.79. The second-order valence-electron chi connectivity index (χ2n) is 8.84. The quantitative estimate of drug-likeness (QED) is 0.228. The number of hydrogen-bond acceptors (Lipinski definition) is 1. The highest BCUT2D eigenvalue weighted by atomic mass is 28.3. The summed E-state index contributed by atoms with van der Waals surface area (Å²) in [4.78, 5) is 0. The van der Waals surface area contributed by atoms with Crippen LogP contribution in [0, 0.1) is 0 Å². The summed E-state index contributed by atoms with van der Waals surface area (Å²) >= 11 is 0. The summed E-state index contributed by atoms with van der Waals surface area (Å²) in [7, 11) is -4.53. The van der Waals surface area contributed by atoms with E-state index in [9.17, 15) is 71.0 Å². The Morgan fingerprint density at radius 1 is 0.459 bits per heavy atom. The van der Waals surface area contributed by atoms with Gasteiger partial charge in [-0.3, -0.25) is 0 Å². The van der Waals surface area contributed by atoms with Crippen molar-refractivity contribution in [2.24, 2.45) is 0 Å². The fourth-order valence-corrected chi connectivity index (χ4v) is 5.29. The van der Waals surface area contributed by atoms with Gasteiger partial charge in [0.15, 0.2) is 0 Å². The Morgan fingerprint density at radius 3 is 1.00 bits per heavy atom. The zero-order chi connectivity index (χ0) is 30.1. The molecule has 0 aliphatic carbocycles. The van der Waals surface area contributed by atoms with E-state index in [2.05, 4.69) is 0 Å². The number of hydrogen-bond donors (Lipinski definition) is 1. The molecule has 0 aromatic heterocycles. The van der Waals surface area contributed by atoms with E-state index in [-0.39, 0.29) is 0 Å². The molecule has 37 heavy (non-hydrogen) atoms. The van der Waals surface area contributed by atoms with Crippen molar-refractivity contribution in [3.8, 4) is 0 Å². The van der Waals surface area contributed by atoms with Crippen LogP contribution in [-0.2, 0) is 5.22 Å². The molecule has 0 heterocycles. The maximum atomic E-state index is 15.0. The van der Waals surface area contributed by atoms with Gasteiger partial charge in [0.1, 0.15) is 5.22 Å². The van der Waals surface area contributed by atoms with Gasteiger partial charge in [0.05, 0.1) is 8.07 Å². The van der Waals surface area contributed by atoms with Crippen molar-refractivity contribution in [2.75, 3.05) is 0 Å². The van der Waals surface area contributed by atoms with Crippen molar-refractivity contribution in [3.63, 3.8) is 0 Å². The summed E-state index contributed by atoms with van der Waals surface area (Å²) in [6, 6.07) is 3.34. The van der Waals surface area contributed by atoms with E-state index in [1.54, 1.807) is 0 Å². The Kier molecular flexibility index (Phi) is 7.73. The molecule has 1 nitrogen and oxygen atoms in total. The highest BCUT2D eigenvalue weighted by Crippen LogP contribution is 2.66. The number of aliphatic hydroxyl groups is 1. The molecule has 0 saturated heterocycles. The molecule has 1 atom stereocenters. The third kappa shape index (κ3) is 4.08. The first-order valence-corrected chi connectivity index (χ1v) is 12.8. The van der Waals surface area contributed by atoms with Crippen LogP contribution in [0.25, 0.3) is 0 Å². The lowest BCUT2D eigenvalue weighted by Gasteiger charge is -2.50. The molecule has 1 aromatic carbocycles. The molecule has 0 aliphatic rings. The molecule has 1 aromatic rings. The summed E-state index contributed by atoms with van der Waals surface area (Å²) in [6.07, 6.45) is -7.82. The molecule has 1 rings (SSSR count). The van der Waals surface area contributed by atoms with Crippen molar-refractivity contribution < 1.29 is 79.7 Å². The molecule has 1 unspecified atom stereocenters. The van der Waals surface area contributed by atoms with Crippen molar-refractivity contribution in [3.05, 3.63) is 35.9 Å². The average molecular weight is 598 g/mol. The Labute approximate surface area is 197 Å². The first-order valence-electron chi connectivity index (χ1n) is 9.35. The van der Waals surface area contributed by atoms with Crippen molar-refractivity contribution >= 4 is 8.07 Å². The lowest BCUT2D eigenvalue weighted by atomic mass is 9.86. The summed E-state index contributed by atoms with van der Waals surface area (Å²) in [5, 5.41) is 6.00. The third-order valence-electron chi connectivity index (χ3n) is 5.45. The minimum atomic E-state index is -8.72. The third-order valence-corrected chi connectivity index (χ3v) is 8.23. The number of alkyl halides is 17. The van der Waals surface area contributed by atoms with Gasteiger partial charge in [-0.2, -0.15) is 74.6 Å². The molecule has 0 spiro atoms. The van der Waals surface area contributed by atoms with Gasteiger partial charge in [0.25, 0.3) is 0 Å². The van der Waals surface area contributed by atoms with Gasteiger partial charge >= 0.3 is 47.6 Å². The molecule has 1 N–H and O–H groups in total. The van der Waals surface area contributed by atoms with Crippen LogP contribution in [0.4, 0.5) is 74.6 Å². The van der Waals surface area contributed by atoms with E-state index < -0.39 is 66.5 Å². The number of benzene rings is 1. The van der Waals surface area contributed by atoms with Crippen LogP contribution in [0.2, 0.25) is 19.6 Å². The molecule has 0 fully saturated rings. The molecule has 0 aliphatic heterocycles. The molecular formula is C18H15F17OSi. The second-order valence-corrected chi connectivity index (χ2v) is 14.1. The van der Waals surface area contributed by atoms with Gasteiger partial charge < -0.3 is 5.11 Å². The fraction of sp³-hybridized carbons (Fsp3) is 0.667. The van der Waals surface area contributed by atoms with Crippen LogP contribution in [0.15, 0.2) is 30.3 Å². The monoisotopic (exact) mass is 598 g/mol. The Bertz CT molecular complexity index is 965. The number of halogens is 17. The summed E-state index contributed by atoms with van der Waals surface area (Å²) in [6.45, 7) is 1.77. The summed E-state index contributed by atoms with van der Waals surface area (Å²) in [5.41, 5.74) is -1.35. The predicted octanol–water partition coefficient (Wildman–Crippen LogP) is 7.76. The zero-order valence-corrected chi connectivity index (χ0v) is 19.3. The van der Waals surface area contributed by atoms with Crippen molar-refractivity contribution in [1.29, 1.82) is 0 Å². The largest absolute Gasteiger partial charge is 0.460 e. The molecule has 0 amide bonds. The van der Waals surface area contributed by atoms with Crippen molar-refractivity contribution in [2.45, 2.75) is 72.5 Å². The van der Waals surface area contributed by atoms with Gasteiger partial charge in [0.2, 0.25) is 0 Å². The molecular weight excluding hydrogens is 583 g/mol. The molecule has 216 valence electrons. The van der Waals surface area contributed by atoms with Crippen LogP contribution in [0.3, 0.4) is 0 Å². The van der Waals surface area contributed by atoms with Crippen molar-refractivity contribution in [1.82, 2.24) is 0 Å². The Balaban J connectivity index is 3.95. The number of rotatable bonds is 9. The van der Waals surface area contributed by atoms with E-state index >= 15 is 8.78 Å². The minimum Gasteiger partial charge on any atom is -0.382 e. The lowest BCUT2D eigenvalue weighted by Crippen LogP contribution is -2.77. The van der Waals surface area contributed by atoms with Gasteiger partial charge in [0, 0.05) is 0 Å². The van der Waals surface area contributed by atoms with E-state index in [0.717, 1.165) is 18.2 Å². The van der Waals surface area contributed by atoms with Gasteiger partial charge in [-0.1, -0.05) is 50.0 Å². The van der Waals surface area contributed by atoms with E-state index in [4.69, 9.17) is 0 Å². The molecule has 0 bridgehead atoms. The maximum absolute atomic E-state index is 15.0. The summed E-state index contributed by atoms with van der Waals surface area (Å²) in [5.74, 6) is -57.6. The van der Waals surface area contributed by atoms with E-state index in [1.807, 2.05) is 0 Å². The predicted molar refractivity (Wildman–Crippen MR) is 94.4 cm³/mol. The van der Waals surface area contributed by atoms with Crippen LogP contribution in [-0.4, -0.2) is 60.8 Å². The smallest absolute Gasteiger partial charge is 0.382 e. The topological polar surface area (TPSA) is 20.2 Å². The normalized spacial score (nSPS) is 17.5. The second kappa shape index (κ2) is 8.61. The standard InChI is InChI=1S/C18H15F17OSi/c1-37(2,3)10(36,9-7-5-4-6-8-9)11(19,20)12(21,22)13(23,24)14(25,26)15(27,28)16(29,30)17(31,32)18(33,34)35/h4-8,36H,1-3H3. The van der Waals surface area contributed by atoms with Gasteiger partial charge in [-0.05, 0) is 5.56 Å². The van der Waals surface area contributed by atoms with E-state index in [0.29, 0.717) is 31.8 Å². The van der Waals surface area contributed by atoms with E-state index in [1.165, 1.54) is 0 Å². The first kappa shape index (κ1) is 33.2. The van der Waals surface area contributed by atoms with Gasteiger partial charge in [-0.15, -0.1) is 0 Å². The fourth-order valence-electron chi connectivity index (χ4n) is 3.16. The molecule has 19 heteroatoms. The minimum absolute atomic E-state index is 0.408. The van der Waals surface area contributed by atoms with Gasteiger partial charge in [-0.25, -0.2) is 0 Å². The van der Waals surface area contributed by atoms with Crippen LogP contribution >= 0.6 is 0 Å². The molecule has 0 saturated carbocycles. The molecule has 0 radical (unpaired) electrons. The maximum Gasteiger partial charge on any atom is 0.460 e. The highest BCUT2D eigenvalue weighted by molar-refractivity contribution is 6.78. The van der Waals surface area contributed by atoms with Crippen LogP contribution < -0.4 is 0 Å². The average Bonchev–Trinajstić information content (AvgIpc) is 2.71. The van der Waals surface area contributed by atoms with Crippen LogP contribution in [0.5, 0.6) is 0 Å². The SMILES string of the molecule is C[Si](C)(C)C(O)(c1ccccc1)C(F)(F)C(F)(F)C(F)(F)C(F)(F)C(F)(F)C(F)(F)C(F)(F)C(F)(F)F. The first-order chi connectivity index (χ1) is 15.9. The van der Waals surface area contributed by atoms with Crippen LogP contribution in [0.1, 0.15) is 5.56 Å².